The summed E-state index contributed by atoms with van der Waals surface area (Å²) in [5.74, 6) is 0.875. The number of anilines is 1. The molecule has 4 heteroatoms. The molecule has 23 heavy (non-hydrogen) atoms. The molecule has 124 valence electrons. The minimum Gasteiger partial charge on any atom is -0.395 e. The first-order valence-corrected chi connectivity index (χ1v) is 8.95. The Morgan fingerprint density at radius 3 is 2.70 bits per heavy atom. The molecule has 1 aromatic rings. The number of nitrogens with zero attached hydrogens (tertiary/aromatic N) is 2. The standard InChI is InChI=1S/C19H26N2O2/c1-20-16-11-21(19(23)13-7-3-2-4-8-13)15-10-6-5-9-14(15)18(16)17(20)12-22/h5-6,9-10,13,16-18,22H,2-4,7-8,11-12H2,1H3/t16-,17+,18+/m0/s1. The van der Waals surface area contributed by atoms with Gasteiger partial charge >= 0.3 is 0 Å². The molecule has 4 rings (SSSR count). The van der Waals surface area contributed by atoms with Crippen molar-refractivity contribution in [2.24, 2.45) is 5.92 Å². The normalized spacial score (nSPS) is 31.2. The van der Waals surface area contributed by atoms with Crippen molar-refractivity contribution < 1.29 is 9.90 Å². The zero-order valence-corrected chi connectivity index (χ0v) is 13.8. The molecule has 1 saturated heterocycles. The van der Waals surface area contributed by atoms with Gasteiger partial charge in [-0.15, -0.1) is 0 Å². The van der Waals surface area contributed by atoms with Crippen molar-refractivity contribution in [1.29, 1.82) is 0 Å². The van der Waals surface area contributed by atoms with Crippen molar-refractivity contribution in [2.75, 3.05) is 25.1 Å². The van der Waals surface area contributed by atoms with Crippen molar-refractivity contribution in [3.63, 3.8) is 0 Å². The van der Waals surface area contributed by atoms with Crippen LogP contribution in [0.2, 0.25) is 0 Å². The van der Waals surface area contributed by atoms with E-state index in [1.807, 2.05) is 11.0 Å². The van der Waals surface area contributed by atoms with Gasteiger partial charge in [0.2, 0.25) is 5.91 Å². The highest BCUT2D eigenvalue weighted by atomic mass is 16.3. The Morgan fingerprint density at radius 1 is 1.22 bits per heavy atom. The zero-order chi connectivity index (χ0) is 16.0. The van der Waals surface area contributed by atoms with Crippen LogP contribution in [0.3, 0.4) is 0 Å². The van der Waals surface area contributed by atoms with Gasteiger partial charge in [0.25, 0.3) is 0 Å². The number of amides is 1. The molecule has 0 unspecified atom stereocenters. The lowest BCUT2D eigenvalue weighted by Crippen LogP contribution is -2.68. The summed E-state index contributed by atoms with van der Waals surface area (Å²) in [7, 11) is 2.07. The molecule has 1 aliphatic carbocycles. The van der Waals surface area contributed by atoms with Gasteiger partial charge in [0.1, 0.15) is 0 Å². The number of fused-ring (bicyclic) bond motifs is 3. The second-order valence-corrected chi connectivity index (χ2v) is 7.35. The number of carbonyl (C=O) groups excluding carboxylic acids is 1. The molecule has 4 nitrogen and oxygen atoms in total. The Labute approximate surface area is 138 Å². The number of hydrogen-bond acceptors (Lipinski definition) is 3. The van der Waals surface area contributed by atoms with Crippen molar-refractivity contribution in [2.45, 2.75) is 50.1 Å². The summed E-state index contributed by atoms with van der Waals surface area (Å²) < 4.78 is 0. The summed E-state index contributed by atoms with van der Waals surface area (Å²) in [6.07, 6.45) is 5.72. The molecule has 2 heterocycles. The Morgan fingerprint density at radius 2 is 1.96 bits per heavy atom. The van der Waals surface area contributed by atoms with E-state index in [1.165, 1.54) is 24.8 Å². The largest absolute Gasteiger partial charge is 0.395 e. The number of likely N-dealkylation sites (tertiary alicyclic amines) is 1. The van der Waals surface area contributed by atoms with Gasteiger partial charge in [0, 0.05) is 36.2 Å². The number of carbonyl (C=O) groups is 1. The molecule has 0 aromatic heterocycles. The van der Waals surface area contributed by atoms with Gasteiger partial charge in [-0.25, -0.2) is 0 Å². The van der Waals surface area contributed by atoms with Crippen molar-refractivity contribution in [1.82, 2.24) is 4.90 Å². The van der Waals surface area contributed by atoms with E-state index in [0.717, 1.165) is 25.1 Å². The first-order valence-electron chi connectivity index (χ1n) is 8.95. The predicted octanol–water partition coefficient (Wildman–Crippen LogP) is 2.37. The molecular weight excluding hydrogens is 288 g/mol. The number of benzene rings is 1. The lowest BCUT2D eigenvalue weighted by Gasteiger charge is -2.58. The number of likely N-dealkylation sites (N-methyl/N-ethyl adjacent to an activating group) is 1. The minimum absolute atomic E-state index is 0.183. The van der Waals surface area contributed by atoms with E-state index < -0.39 is 0 Å². The number of aliphatic hydroxyl groups excluding tert-OH is 1. The summed E-state index contributed by atoms with van der Waals surface area (Å²) in [4.78, 5) is 17.4. The van der Waals surface area contributed by atoms with Gasteiger partial charge in [-0.1, -0.05) is 37.5 Å². The third-order valence-corrected chi connectivity index (χ3v) is 6.24. The Bertz CT molecular complexity index is 597. The molecule has 2 fully saturated rings. The van der Waals surface area contributed by atoms with Gasteiger partial charge in [-0.3, -0.25) is 9.69 Å². The highest BCUT2D eigenvalue weighted by Gasteiger charge is 2.51. The monoisotopic (exact) mass is 314 g/mol. The van der Waals surface area contributed by atoms with Crippen LogP contribution in [0.1, 0.15) is 43.6 Å². The maximum Gasteiger partial charge on any atom is 0.230 e. The zero-order valence-electron chi connectivity index (χ0n) is 13.8. The second-order valence-electron chi connectivity index (χ2n) is 7.35. The van der Waals surface area contributed by atoms with Crippen LogP contribution in [0, 0.1) is 5.92 Å². The summed E-state index contributed by atoms with van der Waals surface area (Å²) >= 11 is 0. The summed E-state index contributed by atoms with van der Waals surface area (Å²) in [5.41, 5.74) is 2.32. The Hall–Kier alpha value is -1.39. The topological polar surface area (TPSA) is 43.8 Å². The van der Waals surface area contributed by atoms with Crippen LogP contribution in [-0.2, 0) is 4.79 Å². The fraction of sp³-hybridized carbons (Fsp3) is 0.632. The maximum absolute atomic E-state index is 13.1. The van der Waals surface area contributed by atoms with Gasteiger partial charge in [0.15, 0.2) is 0 Å². The first-order chi connectivity index (χ1) is 11.2. The maximum atomic E-state index is 13.1. The molecule has 1 aromatic carbocycles. The summed E-state index contributed by atoms with van der Waals surface area (Å²) in [6, 6.07) is 8.83. The summed E-state index contributed by atoms with van der Waals surface area (Å²) in [6.45, 7) is 0.951. The van der Waals surface area contributed by atoms with Crippen molar-refractivity contribution >= 4 is 11.6 Å². The molecule has 0 radical (unpaired) electrons. The lowest BCUT2D eigenvalue weighted by molar-refractivity contribution is -0.124. The molecule has 0 spiro atoms. The Kier molecular flexibility index (Phi) is 3.90. The second kappa shape index (κ2) is 5.91. The van der Waals surface area contributed by atoms with Crippen LogP contribution in [-0.4, -0.2) is 48.2 Å². The van der Waals surface area contributed by atoms with E-state index in [0.29, 0.717) is 17.9 Å². The number of hydrogen-bond donors (Lipinski definition) is 1. The highest BCUT2D eigenvalue weighted by molar-refractivity contribution is 5.96. The number of aliphatic hydroxyl groups is 1. The first kappa shape index (κ1) is 15.2. The highest BCUT2D eigenvalue weighted by Crippen LogP contribution is 2.47. The average molecular weight is 314 g/mol. The molecule has 3 atom stereocenters. The lowest BCUT2D eigenvalue weighted by atomic mass is 9.72. The molecule has 2 aliphatic heterocycles. The molecule has 1 N–H and O–H groups in total. The molecule has 3 aliphatic rings. The van der Waals surface area contributed by atoms with Crippen LogP contribution in [0.4, 0.5) is 5.69 Å². The van der Waals surface area contributed by atoms with E-state index in [4.69, 9.17) is 0 Å². The van der Waals surface area contributed by atoms with Crippen molar-refractivity contribution in [3.8, 4) is 0 Å². The van der Waals surface area contributed by atoms with Crippen LogP contribution in [0.25, 0.3) is 0 Å². The molecule has 0 bridgehead atoms. The molecule has 1 saturated carbocycles. The fourth-order valence-corrected chi connectivity index (χ4v) is 4.89. The minimum atomic E-state index is 0.183. The van der Waals surface area contributed by atoms with E-state index in [1.54, 1.807) is 0 Å². The van der Waals surface area contributed by atoms with Crippen molar-refractivity contribution in [3.05, 3.63) is 29.8 Å². The van der Waals surface area contributed by atoms with Gasteiger partial charge in [-0.2, -0.15) is 0 Å². The van der Waals surface area contributed by atoms with Gasteiger partial charge < -0.3 is 10.0 Å². The van der Waals surface area contributed by atoms with E-state index in [9.17, 15) is 9.90 Å². The third-order valence-electron chi connectivity index (χ3n) is 6.24. The molecule has 1 amide bonds. The predicted molar refractivity (Wildman–Crippen MR) is 90.5 cm³/mol. The third kappa shape index (κ3) is 2.31. The SMILES string of the molecule is CN1[C@H](CO)[C@@H]2c3ccccc3N(C(=O)C3CCCCC3)C[C@@H]21. The van der Waals surface area contributed by atoms with Gasteiger partial charge in [-0.05, 0) is 31.5 Å². The number of rotatable bonds is 2. The van der Waals surface area contributed by atoms with E-state index >= 15 is 0 Å². The van der Waals surface area contributed by atoms with E-state index in [2.05, 4.69) is 30.1 Å². The van der Waals surface area contributed by atoms with Crippen LogP contribution < -0.4 is 4.90 Å². The Balaban J connectivity index is 1.66. The average Bonchev–Trinajstić information content (AvgIpc) is 2.61. The van der Waals surface area contributed by atoms with Crippen LogP contribution in [0.5, 0.6) is 0 Å². The van der Waals surface area contributed by atoms with Crippen LogP contribution >= 0.6 is 0 Å². The molecular formula is C19H26N2O2. The fourth-order valence-electron chi connectivity index (χ4n) is 4.89. The number of para-hydroxylation sites is 1. The smallest absolute Gasteiger partial charge is 0.230 e. The quantitative estimate of drug-likeness (QED) is 0.911. The van der Waals surface area contributed by atoms with Gasteiger partial charge in [0.05, 0.1) is 6.61 Å². The summed E-state index contributed by atoms with van der Waals surface area (Å²) in [5, 5.41) is 9.68. The van der Waals surface area contributed by atoms with E-state index in [-0.39, 0.29) is 18.6 Å². The van der Waals surface area contributed by atoms with Crippen LogP contribution in [0.15, 0.2) is 24.3 Å².